The van der Waals surface area contributed by atoms with E-state index in [1.807, 2.05) is 20.9 Å². The molecule has 0 fully saturated rings. The van der Waals surface area contributed by atoms with Crippen molar-refractivity contribution in [2.75, 3.05) is 13.6 Å². The Morgan fingerprint density at radius 2 is 2.04 bits per heavy atom. The van der Waals surface area contributed by atoms with Crippen molar-refractivity contribution in [3.63, 3.8) is 0 Å². The first-order valence-electron chi connectivity index (χ1n) is 7.62. The van der Waals surface area contributed by atoms with Gasteiger partial charge in [-0.1, -0.05) is 24.3 Å². The summed E-state index contributed by atoms with van der Waals surface area (Å²) >= 11 is 0. The van der Waals surface area contributed by atoms with Crippen molar-refractivity contribution in [3.8, 4) is 0 Å². The first-order chi connectivity index (χ1) is 10.7. The Bertz CT molecular complexity index is 676. The molecule has 0 bridgehead atoms. The van der Waals surface area contributed by atoms with E-state index in [1.165, 1.54) is 11.1 Å². The van der Waals surface area contributed by atoms with Crippen LogP contribution in [0.15, 0.2) is 33.7 Å². The van der Waals surface area contributed by atoms with Crippen LogP contribution in [-0.2, 0) is 19.5 Å². The first kappa shape index (κ1) is 17.8. The maximum atomic E-state index is 5.61. The zero-order valence-corrected chi connectivity index (χ0v) is 16.1. The lowest BCUT2D eigenvalue weighted by atomic mass is 10.0. The third-order valence-electron chi connectivity index (χ3n) is 4.11. The predicted molar refractivity (Wildman–Crippen MR) is 102 cm³/mol. The van der Waals surface area contributed by atoms with Gasteiger partial charge in [-0.25, -0.2) is 4.98 Å². The Labute approximate surface area is 154 Å². The number of nitrogens with one attached hydrogen (secondary N) is 1. The largest absolute Gasteiger partial charge is 0.444 e. The topological polar surface area (TPSA) is 53.7 Å². The van der Waals surface area contributed by atoms with Crippen LogP contribution in [0.3, 0.4) is 0 Å². The number of aliphatic imine (C=N–C) groups is 1. The van der Waals surface area contributed by atoms with Crippen LogP contribution >= 0.6 is 24.0 Å². The van der Waals surface area contributed by atoms with E-state index < -0.39 is 0 Å². The van der Waals surface area contributed by atoms with E-state index in [1.54, 1.807) is 0 Å². The minimum absolute atomic E-state index is 0. The molecule has 124 valence electrons. The number of benzene rings is 1. The molecular formula is C17H23IN4O. The molecule has 23 heavy (non-hydrogen) atoms. The average molecular weight is 426 g/mol. The highest BCUT2D eigenvalue weighted by molar-refractivity contribution is 14.0. The van der Waals surface area contributed by atoms with Gasteiger partial charge in [0.15, 0.2) is 5.96 Å². The molecule has 0 saturated heterocycles. The molecule has 1 aromatic carbocycles. The van der Waals surface area contributed by atoms with Gasteiger partial charge in [0.05, 0.1) is 12.2 Å². The Morgan fingerprint density at radius 3 is 2.70 bits per heavy atom. The van der Waals surface area contributed by atoms with E-state index >= 15 is 0 Å². The predicted octanol–water partition coefficient (Wildman–Crippen LogP) is 3.04. The second kappa shape index (κ2) is 7.81. The molecule has 1 N–H and O–H groups in total. The van der Waals surface area contributed by atoms with Crippen LogP contribution in [0.25, 0.3) is 0 Å². The van der Waals surface area contributed by atoms with Crippen molar-refractivity contribution in [1.29, 1.82) is 0 Å². The van der Waals surface area contributed by atoms with Crippen molar-refractivity contribution in [2.24, 2.45) is 4.99 Å². The number of aromatic nitrogens is 1. The van der Waals surface area contributed by atoms with E-state index in [4.69, 9.17) is 4.42 Å². The second-order valence-electron chi connectivity index (χ2n) is 5.59. The molecule has 0 amide bonds. The van der Waals surface area contributed by atoms with Crippen LogP contribution in [0.4, 0.5) is 0 Å². The summed E-state index contributed by atoms with van der Waals surface area (Å²) in [6.07, 6.45) is 1.05. The molecule has 1 aliphatic rings. The molecule has 0 radical (unpaired) electrons. The maximum Gasteiger partial charge on any atom is 0.214 e. The molecule has 0 unspecified atom stereocenters. The van der Waals surface area contributed by atoms with Gasteiger partial charge in [-0.3, -0.25) is 4.99 Å². The molecule has 0 atom stereocenters. The smallest absolute Gasteiger partial charge is 0.214 e. The van der Waals surface area contributed by atoms with Crippen LogP contribution in [0.1, 0.15) is 28.5 Å². The molecule has 2 aromatic rings. The van der Waals surface area contributed by atoms with Gasteiger partial charge in [0, 0.05) is 20.1 Å². The highest BCUT2D eigenvalue weighted by Crippen LogP contribution is 2.18. The number of oxazole rings is 1. The second-order valence-corrected chi connectivity index (χ2v) is 5.59. The molecule has 6 heteroatoms. The summed E-state index contributed by atoms with van der Waals surface area (Å²) in [5, 5.41) is 3.35. The number of aryl methyl sites for hydroxylation is 2. The minimum Gasteiger partial charge on any atom is -0.444 e. The van der Waals surface area contributed by atoms with Gasteiger partial charge >= 0.3 is 0 Å². The molecule has 2 heterocycles. The number of rotatable bonds is 2. The lowest BCUT2D eigenvalue weighted by Crippen LogP contribution is -2.43. The van der Waals surface area contributed by atoms with Crippen LogP contribution in [0, 0.1) is 13.8 Å². The molecule has 3 rings (SSSR count). The minimum atomic E-state index is 0. The van der Waals surface area contributed by atoms with Gasteiger partial charge in [-0.2, -0.15) is 0 Å². The van der Waals surface area contributed by atoms with Gasteiger partial charge in [0.1, 0.15) is 5.76 Å². The van der Waals surface area contributed by atoms with Gasteiger partial charge in [-0.05, 0) is 31.4 Å². The van der Waals surface area contributed by atoms with E-state index in [0.29, 0.717) is 12.4 Å². The van der Waals surface area contributed by atoms with E-state index in [-0.39, 0.29) is 24.0 Å². The highest BCUT2D eigenvalue weighted by atomic mass is 127. The third kappa shape index (κ3) is 4.04. The van der Waals surface area contributed by atoms with E-state index in [2.05, 4.69) is 44.5 Å². The first-order valence-corrected chi connectivity index (χ1v) is 7.62. The van der Waals surface area contributed by atoms with Gasteiger partial charge < -0.3 is 14.6 Å². The van der Waals surface area contributed by atoms with Crippen molar-refractivity contribution in [1.82, 2.24) is 15.2 Å². The summed E-state index contributed by atoms with van der Waals surface area (Å²) in [5.74, 6) is 2.47. The number of guanidine groups is 1. The Morgan fingerprint density at radius 1 is 1.30 bits per heavy atom. The van der Waals surface area contributed by atoms with Crippen LogP contribution in [0.2, 0.25) is 0 Å². The summed E-state index contributed by atoms with van der Waals surface area (Å²) in [6, 6.07) is 8.60. The Kier molecular flexibility index (Phi) is 6.04. The summed E-state index contributed by atoms with van der Waals surface area (Å²) in [4.78, 5) is 11.1. The van der Waals surface area contributed by atoms with Crippen molar-refractivity contribution < 1.29 is 4.42 Å². The van der Waals surface area contributed by atoms with E-state index in [9.17, 15) is 0 Å². The van der Waals surface area contributed by atoms with E-state index in [0.717, 1.165) is 36.9 Å². The van der Waals surface area contributed by atoms with Crippen molar-refractivity contribution >= 4 is 29.9 Å². The zero-order valence-electron chi connectivity index (χ0n) is 13.8. The van der Waals surface area contributed by atoms with Gasteiger partial charge in [0.2, 0.25) is 5.89 Å². The number of hydrogen-bond acceptors (Lipinski definition) is 3. The molecule has 0 aliphatic carbocycles. The SMILES string of the molecule is CN=C(NCc1nc(C)c(C)o1)N1CCc2ccccc2C1.I. The number of nitrogens with zero attached hydrogens (tertiary/aromatic N) is 3. The summed E-state index contributed by atoms with van der Waals surface area (Å²) in [6.45, 7) is 6.31. The summed E-state index contributed by atoms with van der Waals surface area (Å²) in [7, 11) is 1.81. The van der Waals surface area contributed by atoms with Crippen molar-refractivity contribution in [3.05, 3.63) is 52.7 Å². The lowest BCUT2D eigenvalue weighted by Gasteiger charge is -2.31. The summed E-state index contributed by atoms with van der Waals surface area (Å²) < 4.78 is 5.61. The molecule has 1 aromatic heterocycles. The number of hydrogen-bond donors (Lipinski definition) is 1. The Hall–Kier alpha value is -1.57. The molecular weight excluding hydrogens is 403 g/mol. The van der Waals surface area contributed by atoms with Crippen LogP contribution in [0.5, 0.6) is 0 Å². The average Bonchev–Trinajstić information content (AvgIpc) is 2.86. The molecule has 0 saturated carbocycles. The molecule has 0 spiro atoms. The normalized spacial score (nSPS) is 14.2. The quantitative estimate of drug-likeness (QED) is 0.456. The van der Waals surface area contributed by atoms with Gasteiger partial charge in [-0.15, -0.1) is 24.0 Å². The Balaban J connectivity index is 0.00000192. The molecule has 5 nitrogen and oxygen atoms in total. The lowest BCUT2D eigenvalue weighted by molar-refractivity contribution is 0.373. The van der Waals surface area contributed by atoms with Gasteiger partial charge in [0.25, 0.3) is 0 Å². The fourth-order valence-electron chi connectivity index (χ4n) is 2.78. The fraction of sp³-hybridized carbons (Fsp3) is 0.412. The highest BCUT2D eigenvalue weighted by Gasteiger charge is 2.19. The standard InChI is InChI=1S/C17H22N4O.HI/c1-12-13(2)22-16(20-12)10-19-17(18-3)21-9-8-14-6-4-5-7-15(14)11-21;/h4-7H,8-11H2,1-3H3,(H,18,19);1H. The monoisotopic (exact) mass is 426 g/mol. The third-order valence-corrected chi connectivity index (χ3v) is 4.11. The zero-order chi connectivity index (χ0) is 15.5. The van der Waals surface area contributed by atoms with Crippen molar-refractivity contribution in [2.45, 2.75) is 33.4 Å². The fourth-order valence-corrected chi connectivity index (χ4v) is 2.78. The number of halogens is 1. The van der Waals surface area contributed by atoms with Crippen LogP contribution in [-0.4, -0.2) is 29.4 Å². The number of fused-ring (bicyclic) bond motifs is 1. The maximum absolute atomic E-state index is 5.61. The molecule has 1 aliphatic heterocycles. The van der Waals surface area contributed by atoms with Crippen LogP contribution < -0.4 is 5.32 Å². The summed E-state index contributed by atoms with van der Waals surface area (Å²) in [5.41, 5.74) is 3.76.